The van der Waals surface area contributed by atoms with Crippen molar-refractivity contribution >= 4 is 23.4 Å². The lowest BCUT2D eigenvalue weighted by Crippen LogP contribution is -2.50. The molecule has 0 bridgehead atoms. The molecule has 3 amide bonds. The Labute approximate surface area is 188 Å². The lowest BCUT2D eigenvalue weighted by molar-refractivity contribution is -0.143. The number of fused-ring (bicyclic) bond motifs is 1. The summed E-state index contributed by atoms with van der Waals surface area (Å²) in [5.41, 5.74) is 2.00. The van der Waals surface area contributed by atoms with Crippen molar-refractivity contribution in [1.82, 2.24) is 20.0 Å². The highest BCUT2D eigenvalue weighted by molar-refractivity contribution is 5.99. The second kappa shape index (κ2) is 8.27. The molecule has 2 heterocycles. The first-order valence-electron chi connectivity index (χ1n) is 10.5. The van der Waals surface area contributed by atoms with Gasteiger partial charge in [-0.25, -0.2) is 0 Å². The van der Waals surface area contributed by atoms with Crippen LogP contribution in [0.5, 0.6) is 0 Å². The number of nitrogens with zero attached hydrogens (tertiary/aromatic N) is 4. The molecule has 1 atom stereocenters. The zero-order valence-corrected chi connectivity index (χ0v) is 18.1. The Morgan fingerprint density at radius 1 is 1.30 bits per heavy atom. The van der Waals surface area contributed by atoms with Crippen LogP contribution in [0.2, 0.25) is 0 Å². The summed E-state index contributed by atoms with van der Waals surface area (Å²) in [5, 5.41) is 18.7. The van der Waals surface area contributed by atoms with E-state index in [2.05, 4.69) is 15.7 Å². The van der Waals surface area contributed by atoms with E-state index in [0.29, 0.717) is 29.4 Å². The minimum absolute atomic E-state index is 0.0420. The number of hydrogen-bond acceptors (Lipinski definition) is 5. The van der Waals surface area contributed by atoms with Gasteiger partial charge < -0.3 is 15.5 Å². The van der Waals surface area contributed by atoms with Crippen LogP contribution in [0.3, 0.4) is 0 Å². The monoisotopic (exact) mass is 456 g/mol. The van der Waals surface area contributed by atoms with Gasteiger partial charge in [0.05, 0.1) is 35.7 Å². The molecule has 1 saturated carbocycles. The Hall–Kier alpha value is -3.81. The van der Waals surface area contributed by atoms with Crippen molar-refractivity contribution in [3.8, 4) is 17.3 Å². The fourth-order valence-corrected chi connectivity index (χ4v) is 3.64. The highest BCUT2D eigenvalue weighted by Gasteiger charge is 2.35. The maximum atomic E-state index is 13.1. The number of anilines is 1. The molecular weight excluding hydrogens is 434 g/mol. The Kier molecular flexibility index (Phi) is 5.61. The van der Waals surface area contributed by atoms with Crippen molar-refractivity contribution < 1.29 is 23.2 Å². The third-order valence-electron chi connectivity index (χ3n) is 5.60. The summed E-state index contributed by atoms with van der Waals surface area (Å²) >= 11 is 0. The zero-order valence-electron chi connectivity index (χ0n) is 18.1. The molecule has 0 radical (unpaired) electrons. The van der Waals surface area contributed by atoms with Crippen molar-refractivity contribution in [2.75, 3.05) is 18.5 Å². The normalized spacial score (nSPS) is 17.8. The first kappa shape index (κ1) is 22.4. The number of carbonyl (C=O) groups excluding carboxylic acids is 3. The number of amides is 3. The average Bonchev–Trinajstić information content (AvgIpc) is 3.52. The number of nitriles is 1. The van der Waals surface area contributed by atoms with Crippen molar-refractivity contribution in [3.63, 3.8) is 0 Å². The molecule has 2 N–H and O–H groups in total. The van der Waals surface area contributed by atoms with Gasteiger partial charge in [0.15, 0.2) is 0 Å². The third-order valence-corrected chi connectivity index (χ3v) is 5.60. The molecule has 1 fully saturated rings. The van der Waals surface area contributed by atoms with Crippen LogP contribution in [-0.2, 0) is 9.59 Å². The number of hydrogen-bond donors (Lipinski definition) is 2. The van der Waals surface area contributed by atoms with Crippen LogP contribution in [0.25, 0.3) is 11.3 Å². The standard InChI is InChI=1S/C22H22F2N6O3/c1-12-10-29(11-26-21(33)22(2,23)24)20(32)18-8-17(28-30(12)18)15-6-3-13(9-25)7-16(15)27-19(31)14-4-5-14/h3,6-8,12,14H,4-5,10-11H2,1-2H3,(H,26,33)(H,27,31)/t12-/m0/s1. The van der Waals surface area contributed by atoms with Gasteiger partial charge in [0, 0.05) is 24.9 Å². The van der Waals surface area contributed by atoms with E-state index >= 15 is 0 Å². The zero-order chi connectivity index (χ0) is 23.9. The summed E-state index contributed by atoms with van der Waals surface area (Å²) < 4.78 is 27.8. The third kappa shape index (κ3) is 4.55. The topological polar surface area (TPSA) is 120 Å². The highest BCUT2D eigenvalue weighted by Crippen LogP contribution is 2.34. The van der Waals surface area contributed by atoms with Gasteiger partial charge in [-0.05, 0) is 44.0 Å². The number of benzene rings is 1. The van der Waals surface area contributed by atoms with E-state index < -0.39 is 17.7 Å². The number of halogens is 2. The van der Waals surface area contributed by atoms with Gasteiger partial charge in [0.1, 0.15) is 5.69 Å². The molecule has 9 nitrogen and oxygen atoms in total. The van der Waals surface area contributed by atoms with E-state index in [-0.39, 0.29) is 36.8 Å². The van der Waals surface area contributed by atoms with E-state index in [4.69, 9.17) is 0 Å². The summed E-state index contributed by atoms with van der Waals surface area (Å²) in [6, 6.07) is 8.12. The molecule has 0 spiro atoms. The minimum Gasteiger partial charge on any atom is -0.333 e. The Morgan fingerprint density at radius 2 is 2.03 bits per heavy atom. The molecule has 172 valence electrons. The van der Waals surface area contributed by atoms with E-state index in [9.17, 15) is 28.4 Å². The summed E-state index contributed by atoms with van der Waals surface area (Å²) in [4.78, 5) is 38.0. The molecule has 2 aliphatic rings. The van der Waals surface area contributed by atoms with Crippen LogP contribution in [0.4, 0.5) is 14.5 Å². The molecule has 2 aromatic rings. The van der Waals surface area contributed by atoms with E-state index in [0.717, 1.165) is 12.8 Å². The second-order valence-electron chi connectivity index (χ2n) is 8.42. The molecule has 0 unspecified atom stereocenters. The molecule has 1 aliphatic heterocycles. The van der Waals surface area contributed by atoms with Crippen LogP contribution < -0.4 is 10.6 Å². The summed E-state index contributed by atoms with van der Waals surface area (Å²) in [5.74, 6) is -5.65. The van der Waals surface area contributed by atoms with E-state index in [1.165, 1.54) is 9.58 Å². The molecule has 0 saturated heterocycles. The second-order valence-corrected chi connectivity index (χ2v) is 8.42. The molecule has 1 aliphatic carbocycles. The van der Waals surface area contributed by atoms with Gasteiger partial charge in [0.25, 0.3) is 11.8 Å². The smallest absolute Gasteiger partial charge is 0.321 e. The predicted molar refractivity (Wildman–Crippen MR) is 113 cm³/mol. The van der Waals surface area contributed by atoms with Gasteiger partial charge in [-0.2, -0.15) is 19.1 Å². The largest absolute Gasteiger partial charge is 0.333 e. The summed E-state index contributed by atoms with van der Waals surface area (Å²) in [6.45, 7) is 2.11. The molecule has 1 aromatic heterocycles. The summed E-state index contributed by atoms with van der Waals surface area (Å²) in [6.07, 6.45) is 1.64. The van der Waals surface area contributed by atoms with E-state index in [1.807, 2.05) is 13.0 Å². The Balaban J connectivity index is 1.61. The first-order valence-corrected chi connectivity index (χ1v) is 10.5. The van der Waals surface area contributed by atoms with Gasteiger partial charge in [-0.1, -0.05) is 0 Å². The molecule has 4 rings (SSSR count). The lowest BCUT2D eigenvalue weighted by Gasteiger charge is -2.32. The Morgan fingerprint density at radius 3 is 2.67 bits per heavy atom. The number of aromatic nitrogens is 2. The predicted octanol–water partition coefficient (Wildman–Crippen LogP) is 2.52. The minimum atomic E-state index is -3.55. The number of alkyl halides is 2. The maximum absolute atomic E-state index is 13.1. The number of carbonyl (C=O) groups is 3. The molecule has 11 heteroatoms. The van der Waals surface area contributed by atoms with Gasteiger partial charge in [-0.15, -0.1) is 0 Å². The van der Waals surface area contributed by atoms with Gasteiger partial charge in [0.2, 0.25) is 5.91 Å². The molecule has 1 aromatic carbocycles. The van der Waals surface area contributed by atoms with Crippen molar-refractivity contribution in [2.45, 2.75) is 38.7 Å². The van der Waals surface area contributed by atoms with Gasteiger partial charge >= 0.3 is 5.92 Å². The Bertz CT molecular complexity index is 1180. The lowest BCUT2D eigenvalue weighted by atomic mass is 10.1. The number of rotatable bonds is 6. The van der Waals surface area contributed by atoms with Crippen LogP contribution in [-0.4, -0.2) is 51.5 Å². The van der Waals surface area contributed by atoms with Gasteiger partial charge in [-0.3, -0.25) is 19.1 Å². The quantitative estimate of drug-likeness (QED) is 0.692. The van der Waals surface area contributed by atoms with E-state index in [1.54, 1.807) is 24.3 Å². The first-order chi connectivity index (χ1) is 15.6. The van der Waals surface area contributed by atoms with Crippen LogP contribution >= 0.6 is 0 Å². The average molecular weight is 456 g/mol. The van der Waals surface area contributed by atoms with Crippen LogP contribution in [0.1, 0.15) is 48.8 Å². The van der Waals surface area contributed by atoms with Crippen LogP contribution in [0.15, 0.2) is 24.3 Å². The highest BCUT2D eigenvalue weighted by atomic mass is 19.3. The molecule has 33 heavy (non-hydrogen) atoms. The van der Waals surface area contributed by atoms with Crippen LogP contribution in [0, 0.1) is 17.2 Å². The summed E-state index contributed by atoms with van der Waals surface area (Å²) in [7, 11) is 0. The van der Waals surface area contributed by atoms with Crippen molar-refractivity contribution in [2.24, 2.45) is 5.92 Å². The maximum Gasteiger partial charge on any atom is 0.321 e. The van der Waals surface area contributed by atoms with Crippen molar-refractivity contribution in [1.29, 1.82) is 5.26 Å². The number of nitrogens with one attached hydrogen (secondary N) is 2. The van der Waals surface area contributed by atoms with Crippen molar-refractivity contribution in [3.05, 3.63) is 35.5 Å². The fourth-order valence-electron chi connectivity index (χ4n) is 3.64. The molecular formula is C22H22F2N6O3. The SMILES string of the molecule is C[C@H]1CN(CNC(=O)C(C)(F)F)C(=O)c2cc(-c3ccc(C#N)cc3NC(=O)C3CC3)nn21. The fraction of sp³-hybridized carbons (Fsp3) is 0.409.